The van der Waals surface area contributed by atoms with Crippen LogP contribution in [-0.2, 0) is 11.4 Å². The van der Waals surface area contributed by atoms with E-state index in [1.165, 1.54) is 0 Å². The van der Waals surface area contributed by atoms with Gasteiger partial charge in [-0.3, -0.25) is 14.6 Å². The molecular weight excluding hydrogens is 264 g/mol. The molecule has 0 saturated heterocycles. The van der Waals surface area contributed by atoms with Crippen LogP contribution in [-0.4, -0.2) is 10.9 Å². The summed E-state index contributed by atoms with van der Waals surface area (Å²) >= 11 is 0. The molecule has 21 heavy (non-hydrogen) atoms. The predicted molar refractivity (Wildman–Crippen MR) is 80.4 cm³/mol. The highest BCUT2D eigenvalue weighted by atomic mass is 16.6. The van der Waals surface area contributed by atoms with Gasteiger partial charge in [-0.05, 0) is 23.8 Å². The molecule has 0 radical (unpaired) electrons. The number of pyridine rings is 1. The average molecular weight is 278 g/mol. The number of fused-ring (bicyclic) bond motifs is 1. The first-order valence-corrected chi connectivity index (χ1v) is 6.64. The van der Waals surface area contributed by atoms with Gasteiger partial charge in [0.2, 0.25) is 0 Å². The highest BCUT2D eigenvalue weighted by Crippen LogP contribution is 2.16. The fourth-order valence-corrected chi connectivity index (χ4v) is 2.12. The normalized spacial score (nSPS) is 10.5. The summed E-state index contributed by atoms with van der Waals surface area (Å²) in [5, 5.41) is 0.806. The van der Waals surface area contributed by atoms with Gasteiger partial charge in [0.15, 0.2) is 0 Å². The zero-order valence-corrected chi connectivity index (χ0v) is 11.3. The van der Waals surface area contributed by atoms with E-state index in [9.17, 15) is 4.79 Å². The van der Waals surface area contributed by atoms with Crippen molar-refractivity contribution in [2.24, 2.45) is 0 Å². The van der Waals surface area contributed by atoms with Crippen molar-refractivity contribution >= 4 is 16.8 Å². The maximum absolute atomic E-state index is 12.2. The summed E-state index contributed by atoms with van der Waals surface area (Å²) in [7, 11) is 0. The van der Waals surface area contributed by atoms with E-state index in [1.807, 2.05) is 48.5 Å². The molecule has 0 spiro atoms. The van der Waals surface area contributed by atoms with Crippen molar-refractivity contribution in [1.82, 2.24) is 10.5 Å². The molecule has 0 fully saturated rings. The van der Waals surface area contributed by atoms with Gasteiger partial charge in [0.05, 0.1) is 17.7 Å². The molecular formula is C17H14N2O2. The Labute approximate surface area is 122 Å². The van der Waals surface area contributed by atoms with E-state index in [0.717, 1.165) is 16.5 Å². The fourth-order valence-electron chi connectivity index (χ4n) is 2.12. The van der Waals surface area contributed by atoms with Crippen LogP contribution in [0.15, 0.2) is 66.9 Å². The largest absolute Gasteiger partial charge is 0.275 e. The molecule has 0 aliphatic heterocycles. The lowest BCUT2D eigenvalue weighted by molar-refractivity contribution is 0.0235. The van der Waals surface area contributed by atoms with Crippen molar-refractivity contribution in [1.29, 1.82) is 0 Å². The summed E-state index contributed by atoms with van der Waals surface area (Å²) in [6, 6.07) is 18.8. The molecule has 4 nitrogen and oxygen atoms in total. The van der Waals surface area contributed by atoms with Gasteiger partial charge in [-0.25, -0.2) is 5.48 Å². The Balaban J connectivity index is 1.70. The Morgan fingerprint density at radius 1 is 1.00 bits per heavy atom. The number of rotatable bonds is 4. The van der Waals surface area contributed by atoms with Gasteiger partial charge in [-0.1, -0.05) is 42.5 Å². The van der Waals surface area contributed by atoms with Gasteiger partial charge in [0.25, 0.3) is 5.91 Å². The Bertz CT molecular complexity index is 752. The Hall–Kier alpha value is -2.72. The Morgan fingerprint density at radius 2 is 1.86 bits per heavy atom. The second-order valence-corrected chi connectivity index (χ2v) is 4.58. The molecule has 104 valence electrons. The molecule has 0 unspecified atom stereocenters. The molecule has 0 saturated carbocycles. The number of benzene rings is 2. The van der Waals surface area contributed by atoms with Gasteiger partial charge in [0.1, 0.15) is 0 Å². The standard InChI is InChI=1S/C17H14N2O2/c20-17(19-21-12-13-6-2-1-3-7-13)15-8-4-10-16-14(15)9-5-11-18-16/h1-11H,12H2,(H,19,20). The number of carbonyl (C=O) groups excluding carboxylic acids is 1. The van der Waals surface area contributed by atoms with Crippen LogP contribution in [0, 0.1) is 0 Å². The van der Waals surface area contributed by atoms with Crippen LogP contribution < -0.4 is 5.48 Å². The van der Waals surface area contributed by atoms with Gasteiger partial charge >= 0.3 is 0 Å². The summed E-state index contributed by atoms with van der Waals surface area (Å²) in [6.45, 7) is 0.329. The molecule has 2 aromatic carbocycles. The summed E-state index contributed by atoms with van der Waals surface area (Å²) in [4.78, 5) is 21.7. The smallest absolute Gasteiger partial charge is 0.269 e. The molecule has 1 aromatic heterocycles. The van der Waals surface area contributed by atoms with Crippen LogP contribution in [0.4, 0.5) is 0 Å². The number of nitrogens with zero attached hydrogens (tertiary/aromatic N) is 1. The van der Waals surface area contributed by atoms with Crippen molar-refractivity contribution in [2.45, 2.75) is 6.61 Å². The maximum Gasteiger partial charge on any atom is 0.275 e. The third-order valence-corrected chi connectivity index (χ3v) is 3.14. The molecule has 4 heteroatoms. The zero-order valence-electron chi connectivity index (χ0n) is 11.3. The number of hydrogen-bond acceptors (Lipinski definition) is 3. The van der Waals surface area contributed by atoms with E-state index in [2.05, 4.69) is 10.5 Å². The summed E-state index contributed by atoms with van der Waals surface area (Å²) < 4.78 is 0. The summed E-state index contributed by atoms with van der Waals surface area (Å²) in [5.41, 5.74) is 4.81. The average Bonchev–Trinajstić information content (AvgIpc) is 2.55. The third kappa shape index (κ3) is 3.07. The molecule has 0 aliphatic carbocycles. The number of amides is 1. The zero-order chi connectivity index (χ0) is 14.5. The molecule has 1 N–H and O–H groups in total. The van der Waals surface area contributed by atoms with E-state index in [-0.39, 0.29) is 5.91 Å². The minimum absolute atomic E-state index is 0.274. The molecule has 3 aromatic rings. The first-order valence-electron chi connectivity index (χ1n) is 6.64. The molecule has 0 bridgehead atoms. The third-order valence-electron chi connectivity index (χ3n) is 3.14. The Kier molecular flexibility index (Phi) is 3.89. The summed E-state index contributed by atoms with van der Waals surface area (Å²) in [6.07, 6.45) is 1.70. The van der Waals surface area contributed by atoms with Crippen LogP contribution in [0.5, 0.6) is 0 Å². The lowest BCUT2D eigenvalue weighted by Gasteiger charge is -2.08. The monoisotopic (exact) mass is 278 g/mol. The number of aromatic nitrogens is 1. The van der Waals surface area contributed by atoms with Gasteiger partial charge in [0, 0.05) is 11.6 Å². The SMILES string of the molecule is O=C(NOCc1ccccc1)c1cccc2ncccc12. The van der Waals surface area contributed by atoms with Crippen LogP contribution in [0.3, 0.4) is 0 Å². The first-order chi connectivity index (χ1) is 10.3. The predicted octanol–water partition coefficient (Wildman–Crippen LogP) is 3.10. The van der Waals surface area contributed by atoms with Crippen molar-refractivity contribution in [3.8, 4) is 0 Å². The topological polar surface area (TPSA) is 51.2 Å². The second kappa shape index (κ2) is 6.15. The molecule has 0 aliphatic rings. The number of carbonyl (C=O) groups is 1. The van der Waals surface area contributed by atoms with E-state index < -0.39 is 0 Å². The van der Waals surface area contributed by atoms with Crippen molar-refractivity contribution in [3.63, 3.8) is 0 Å². The molecule has 3 rings (SSSR count). The van der Waals surface area contributed by atoms with Crippen LogP contribution >= 0.6 is 0 Å². The van der Waals surface area contributed by atoms with Crippen molar-refractivity contribution < 1.29 is 9.63 Å². The maximum atomic E-state index is 12.2. The number of hydrogen-bond donors (Lipinski definition) is 1. The fraction of sp³-hybridized carbons (Fsp3) is 0.0588. The van der Waals surface area contributed by atoms with E-state index >= 15 is 0 Å². The Morgan fingerprint density at radius 3 is 2.71 bits per heavy atom. The van der Waals surface area contributed by atoms with E-state index in [4.69, 9.17) is 4.84 Å². The highest BCUT2D eigenvalue weighted by molar-refractivity contribution is 6.05. The minimum Gasteiger partial charge on any atom is -0.269 e. The highest BCUT2D eigenvalue weighted by Gasteiger charge is 2.09. The van der Waals surface area contributed by atoms with Gasteiger partial charge in [-0.2, -0.15) is 0 Å². The second-order valence-electron chi connectivity index (χ2n) is 4.58. The van der Waals surface area contributed by atoms with Crippen LogP contribution in [0.25, 0.3) is 10.9 Å². The lowest BCUT2D eigenvalue weighted by atomic mass is 10.1. The van der Waals surface area contributed by atoms with Crippen LogP contribution in [0.2, 0.25) is 0 Å². The van der Waals surface area contributed by atoms with Crippen molar-refractivity contribution in [2.75, 3.05) is 0 Å². The molecule has 1 amide bonds. The first kappa shape index (κ1) is 13.3. The van der Waals surface area contributed by atoms with E-state index in [1.54, 1.807) is 18.3 Å². The van der Waals surface area contributed by atoms with Gasteiger partial charge in [-0.15, -0.1) is 0 Å². The van der Waals surface area contributed by atoms with E-state index in [0.29, 0.717) is 12.2 Å². The lowest BCUT2D eigenvalue weighted by Crippen LogP contribution is -2.23. The quantitative estimate of drug-likeness (QED) is 0.746. The van der Waals surface area contributed by atoms with Crippen molar-refractivity contribution in [3.05, 3.63) is 78.0 Å². The van der Waals surface area contributed by atoms with Crippen LogP contribution in [0.1, 0.15) is 15.9 Å². The number of hydroxylamine groups is 1. The molecule has 0 atom stereocenters. The molecule has 1 heterocycles. The summed E-state index contributed by atoms with van der Waals surface area (Å²) in [5.74, 6) is -0.274. The number of nitrogens with one attached hydrogen (secondary N) is 1. The van der Waals surface area contributed by atoms with Gasteiger partial charge < -0.3 is 0 Å². The minimum atomic E-state index is -0.274.